The van der Waals surface area contributed by atoms with Crippen LogP contribution >= 0.6 is 0 Å². The Hall–Kier alpha value is -6.32. The Kier molecular flexibility index (Phi) is 7.86. The lowest BCUT2D eigenvalue weighted by Crippen LogP contribution is -2.31. The maximum absolute atomic E-state index is 13.3. The molecule has 0 unspecified atom stereocenters. The van der Waals surface area contributed by atoms with E-state index in [4.69, 9.17) is 0 Å². The topological polar surface area (TPSA) is 81.1 Å². The summed E-state index contributed by atoms with van der Waals surface area (Å²) < 4.78 is 0. The summed E-state index contributed by atoms with van der Waals surface area (Å²) in [5.74, 6) is -0.201. The number of nitrogens with zero attached hydrogens (tertiary/aromatic N) is 2. The van der Waals surface area contributed by atoms with E-state index in [0.29, 0.717) is 61.1 Å². The van der Waals surface area contributed by atoms with Crippen molar-refractivity contribution in [3.05, 3.63) is 186 Å². The molecule has 54 heavy (non-hydrogen) atoms. The minimum absolute atomic E-state index is 0.0436. The van der Waals surface area contributed by atoms with E-state index < -0.39 is 0 Å². The summed E-state index contributed by atoms with van der Waals surface area (Å²) >= 11 is 0. The van der Waals surface area contributed by atoms with Crippen LogP contribution in [0.2, 0.25) is 0 Å². The molecule has 9 rings (SSSR count). The molecule has 0 radical (unpaired) electrons. The molecule has 0 atom stereocenters. The third-order valence-corrected chi connectivity index (χ3v) is 11.5. The van der Waals surface area contributed by atoms with E-state index >= 15 is 0 Å². The van der Waals surface area contributed by atoms with Gasteiger partial charge in [0.15, 0.2) is 0 Å². The smallest absolute Gasteiger partial charge is 0.200 e. The van der Waals surface area contributed by atoms with Gasteiger partial charge in [-0.15, -0.1) is 11.5 Å². The summed E-state index contributed by atoms with van der Waals surface area (Å²) in [6, 6.07) is 20.9. The maximum Gasteiger partial charge on any atom is 0.200 e. The summed E-state index contributed by atoms with van der Waals surface area (Å²) in [5.41, 5.74) is 23.5. The van der Waals surface area contributed by atoms with Crippen LogP contribution in [0.25, 0.3) is 11.1 Å². The van der Waals surface area contributed by atoms with E-state index in [1.807, 2.05) is 50.3 Å². The second kappa shape index (κ2) is 12.7. The zero-order chi connectivity index (χ0) is 37.4. The van der Waals surface area contributed by atoms with E-state index in [1.54, 1.807) is 12.2 Å². The van der Waals surface area contributed by atoms with E-state index in [1.165, 1.54) is 22.3 Å². The number of aliphatic hydroxyl groups excluding tert-OH is 2. The van der Waals surface area contributed by atoms with Gasteiger partial charge in [0.2, 0.25) is 11.6 Å². The number of carbonyl (C=O) groups excluding carboxylic acids is 2. The number of ketones is 2. The third kappa shape index (κ3) is 5.59. The van der Waals surface area contributed by atoms with Crippen LogP contribution < -0.4 is 9.80 Å². The van der Waals surface area contributed by atoms with Gasteiger partial charge in [-0.25, -0.2) is 0 Å². The molecule has 4 aliphatic carbocycles. The molecule has 266 valence electrons. The van der Waals surface area contributed by atoms with E-state index in [9.17, 15) is 19.8 Å². The number of benzene rings is 3. The van der Waals surface area contributed by atoms with Crippen molar-refractivity contribution >= 4 is 34.1 Å². The highest BCUT2D eigenvalue weighted by Gasteiger charge is 2.35. The van der Waals surface area contributed by atoms with Crippen LogP contribution in [0.4, 0.5) is 11.4 Å². The molecule has 0 fully saturated rings. The van der Waals surface area contributed by atoms with E-state index in [-0.39, 0.29) is 23.1 Å². The number of fused-ring (bicyclic) bond motifs is 4. The summed E-state index contributed by atoms with van der Waals surface area (Å²) in [6.45, 7) is 5.34. The van der Waals surface area contributed by atoms with Crippen molar-refractivity contribution in [2.45, 2.75) is 39.5 Å². The average Bonchev–Trinajstić information content (AvgIpc) is 3.16. The summed E-state index contributed by atoms with van der Waals surface area (Å²) in [4.78, 5) is 31.0. The molecule has 0 amide bonds. The second-order valence-corrected chi connectivity index (χ2v) is 15.3. The van der Waals surface area contributed by atoms with Crippen LogP contribution in [0.5, 0.6) is 0 Å². The quantitative estimate of drug-likeness (QED) is 0.209. The minimum Gasteiger partial charge on any atom is -0.506 e. The number of Topliss-reactive ketones (excluding diaryl/α,β-unsaturated/α-hetero) is 2. The van der Waals surface area contributed by atoms with Crippen molar-refractivity contribution in [2.75, 3.05) is 37.0 Å². The zero-order valence-corrected chi connectivity index (χ0v) is 30.9. The van der Waals surface area contributed by atoms with Crippen molar-refractivity contribution in [3.8, 4) is 0 Å². The summed E-state index contributed by atoms with van der Waals surface area (Å²) in [5, 5.41) is 22.1. The number of hydrogen-bond acceptors (Lipinski definition) is 6. The monoisotopic (exact) mass is 708 g/mol. The fraction of sp³-hybridized carbons (Fsp3) is 0.208. The number of likely N-dealkylation sites (N-methyl/N-ethyl adjacent to an activating group) is 2. The van der Waals surface area contributed by atoms with Crippen LogP contribution in [-0.2, 0) is 35.3 Å². The van der Waals surface area contributed by atoms with Gasteiger partial charge in [-0.2, -0.15) is 0 Å². The van der Waals surface area contributed by atoms with E-state index in [0.717, 1.165) is 55.9 Å². The molecule has 0 bridgehead atoms. The molecule has 3 aromatic rings. The molecule has 0 aromatic heterocycles. The molecule has 2 heterocycles. The number of allylic oxidation sites excluding steroid dienone is 10. The zero-order valence-electron chi connectivity index (χ0n) is 30.9. The lowest BCUT2D eigenvalue weighted by Gasteiger charge is -2.36. The van der Waals surface area contributed by atoms with Crippen molar-refractivity contribution in [3.63, 3.8) is 0 Å². The van der Waals surface area contributed by atoms with Crippen molar-refractivity contribution in [1.82, 2.24) is 0 Å². The molecule has 6 heteroatoms. The van der Waals surface area contributed by atoms with Gasteiger partial charge in [0.05, 0.1) is 22.3 Å². The van der Waals surface area contributed by atoms with Crippen LogP contribution in [0.3, 0.4) is 0 Å². The normalized spacial score (nSPS) is 22.0. The van der Waals surface area contributed by atoms with Gasteiger partial charge in [-0.1, -0.05) is 54.6 Å². The Morgan fingerprint density at radius 1 is 0.574 bits per heavy atom. The Labute approximate surface area is 315 Å². The highest BCUT2D eigenvalue weighted by Crippen LogP contribution is 2.41. The largest absolute Gasteiger partial charge is 0.506 e. The van der Waals surface area contributed by atoms with Gasteiger partial charge in [-0.3, -0.25) is 9.59 Å². The van der Waals surface area contributed by atoms with Gasteiger partial charge < -0.3 is 20.0 Å². The number of rotatable bonds is 4. The van der Waals surface area contributed by atoms with Crippen molar-refractivity contribution < 1.29 is 19.8 Å². The maximum atomic E-state index is 13.3. The standard InChI is InChI=1S/C48H40N2O4/c1-27-13-29(15-33-9-5-7-11-37(27)33)19-39-45(51)41(46(39)52)21-31-17-35-23-36-18-32(26-50(4)44(36)24-43(35)49(3)25-31)22-42-47(53)40(48(42)54)20-30-14-28(2)38-12-8-6-10-34(38)16-30/h5-12,19-24,51,53H,15-18,25-26H2,1-4H3/b31-21-,32-22-,39-19-,40-20-. The lowest BCUT2D eigenvalue weighted by molar-refractivity contribution is -0.114. The number of hydrogen-bond donors (Lipinski definition) is 2. The fourth-order valence-electron chi connectivity index (χ4n) is 8.79. The first-order valence-corrected chi connectivity index (χ1v) is 18.5. The Balaban J connectivity index is 0.948. The summed E-state index contributed by atoms with van der Waals surface area (Å²) in [7, 11) is 4.11. The predicted molar refractivity (Wildman–Crippen MR) is 215 cm³/mol. The first kappa shape index (κ1) is 33.5. The second-order valence-electron chi connectivity index (χ2n) is 15.3. The minimum atomic E-state index is -0.144. The van der Waals surface area contributed by atoms with Gasteiger partial charge >= 0.3 is 0 Å². The van der Waals surface area contributed by atoms with Gasteiger partial charge in [0.25, 0.3) is 0 Å². The molecular formula is C48H40N2O4. The van der Waals surface area contributed by atoms with Crippen LogP contribution in [-0.4, -0.2) is 49.0 Å². The van der Waals surface area contributed by atoms with Crippen molar-refractivity contribution in [2.24, 2.45) is 0 Å². The highest BCUT2D eigenvalue weighted by atomic mass is 16.3. The van der Waals surface area contributed by atoms with E-state index in [2.05, 4.69) is 71.8 Å². The number of anilines is 2. The van der Waals surface area contributed by atoms with Crippen LogP contribution in [0.15, 0.2) is 153 Å². The van der Waals surface area contributed by atoms with Crippen LogP contribution in [0, 0.1) is 0 Å². The molecule has 6 nitrogen and oxygen atoms in total. The first-order chi connectivity index (χ1) is 26.0. The fourth-order valence-corrected chi connectivity index (χ4v) is 8.79. The van der Waals surface area contributed by atoms with Gasteiger partial charge in [0.1, 0.15) is 11.5 Å². The highest BCUT2D eigenvalue weighted by molar-refractivity contribution is 6.21. The predicted octanol–water partition coefficient (Wildman–Crippen LogP) is 8.54. The lowest BCUT2D eigenvalue weighted by atomic mass is 9.82. The number of aliphatic hydroxyl groups is 2. The molecule has 3 aromatic carbocycles. The summed E-state index contributed by atoms with van der Waals surface area (Å²) in [6.07, 6.45) is 9.95. The molecule has 0 saturated heterocycles. The SMILES string of the molecule is CC1=C=C(/C=C2\C(=O)C(/C=C3/Cc4cc5c(cc4N(C)C3)N(C)C/C(=C\C3=C(O)C(=C/C4=C=C(C)c6ccccc6C4)/C3=O)C5)=C2O)Cc2ccccc21. The van der Waals surface area contributed by atoms with Crippen molar-refractivity contribution in [1.29, 1.82) is 0 Å². The molecule has 0 saturated carbocycles. The molecule has 0 spiro atoms. The molecule has 2 aliphatic heterocycles. The third-order valence-electron chi connectivity index (χ3n) is 11.5. The molecular weight excluding hydrogens is 669 g/mol. The Morgan fingerprint density at radius 2 is 1.00 bits per heavy atom. The van der Waals surface area contributed by atoms with Gasteiger partial charge in [-0.05, 0) is 124 Å². The number of carbonyl (C=O) groups is 2. The Bertz CT molecular complexity index is 2440. The molecule has 6 aliphatic rings. The first-order valence-electron chi connectivity index (χ1n) is 18.5. The Morgan fingerprint density at radius 3 is 1.43 bits per heavy atom. The van der Waals surface area contributed by atoms with Crippen LogP contribution in [0.1, 0.15) is 47.2 Å². The average molecular weight is 709 g/mol. The molecule has 2 N–H and O–H groups in total. The van der Waals surface area contributed by atoms with Gasteiger partial charge in [0, 0.05) is 51.4 Å².